The van der Waals surface area contributed by atoms with E-state index in [2.05, 4.69) is 20.6 Å². The van der Waals surface area contributed by atoms with Gasteiger partial charge in [-0.15, -0.1) is 0 Å². The zero-order valence-corrected chi connectivity index (χ0v) is 12.3. The van der Waals surface area contributed by atoms with Crippen molar-refractivity contribution in [3.63, 3.8) is 0 Å². The molecule has 0 unspecified atom stereocenters. The van der Waals surface area contributed by atoms with Crippen LogP contribution in [0.2, 0.25) is 0 Å². The average Bonchev–Trinajstić information content (AvgIpc) is 3.17. The van der Waals surface area contributed by atoms with Gasteiger partial charge in [0.1, 0.15) is 11.5 Å². The number of aryl methyl sites for hydroxylation is 2. The van der Waals surface area contributed by atoms with Crippen molar-refractivity contribution in [1.29, 1.82) is 0 Å². The summed E-state index contributed by atoms with van der Waals surface area (Å²) in [6.07, 6.45) is 4.61. The van der Waals surface area contributed by atoms with Gasteiger partial charge in [0, 0.05) is 44.0 Å². The largest absolute Gasteiger partial charge is 0.460 e. The third kappa shape index (κ3) is 3.05. The Morgan fingerprint density at radius 1 is 1.33 bits per heavy atom. The molecular weight excluding hydrogens is 266 g/mol. The topological polar surface area (TPSA) is 71.7 Å². The third-order valence-corrected chi connectivity index (χ3v) is 3.50. The van der Waals surface area contributed by atoms with E-state index < -0.39 is 0 Å². The van der Waals surface area contributed by atoms with E-state index in [1.807, 2.05) is 49.2 Å². The van der Waals surface area contributed by atoms with Crippen LogP contribution in [0, 0.1) is 6.92 Å². The first-order chi connectivity index (χ1) is 10.2. The van der Waals surface area contributed by atoms with Crippen molar-refractivity contribution in [2.75, 3.05) is 6.54 Å². The molecule has 0 spiro atoms. The molecule has 0 saturated heterocycles. The Kier molecular flexibility index (Phi) is 3.87. The number of hydrogen-bond donors (Lipinski definition) is 2. The lowest BCUT2D eigenvalue weighted by Gasteiger charge is -2.05. The fraction of sp³-hybridized carbons (Fsp3) is 0.333. The first-order valence-corrected chi connectivity index (χ1v) is 7.00. The highest BCUT2D eigenvalue weighted by Gasteiger charge is 2.10. The van der Waals surface area contributed by atoms with Gasteiger partial charge in [-0.05, 0) is 25.1 Å². The number of hydrogen-bond acceptors (Lipinski definition) is 4. The van der Waals surface area contributed by atoms with Crippen molar-refractivity contribution >= 4 is 0 Å². The third-order valence-electron chi connectivity index (χ3n) is 3.50. The van der Waals surface area contributed by atoms with Gasteiger partial charge in [0.15, 0.2) is 5.76 Å². The fourth-order valence-electron chi connectivity index (χ4n) is 2.31. The van der Waals surface area contributed by atoms with Crippen LogP contribution in [0.25, 0.3) is 11.5 Å². The standard InChI is InChI=1S/C15H19N5O/c1-11-3-4-14(21-11)15-12(10-17-19-15)9-16-7-5-13-6-8-18-20(13)2/h3-4,6,8,10,16H,5,7,9H2,1-2H3,(H,17,19). The van der Waals surface area contributed by atoms with E-state index in [1.165, 1.54) is 5.69 Å². The molecule has 3 aromatic heterocycles. The Balaban J connectivity index is 1.57. The molecule has 6 heteroatoms. The van der Waals surface area contributed by atoms with Gasteiger partial charge in [0.05, 0.1) is 6.20 Å². The molecule has 6 nitrogen and oxygen atoms in total. The molecule has 3 rings (SSSR count). The Morgan fingerprint density at radius 2 is 2.24 bits per heavy atom. The Hall–Kier alpha value is -2.34. The van der Waals surface area contributed by atoms with E-state index in [1.54, 1.807) is 0 Å². The van der Waals surface area contributed by atoms with Gasteiger partial charge in [-0.25, -0.2) is 0 Å². The van der Waals surface area contributed by atoms with Crippen molar-refractivity contribution in [1.82, 2.24) is 25.3 Å². The molecule has 0 aliphatic rings. The van der Waals surface area contributed by atoms with Crippen molar-refractivity contribution in [3.05, 3.63) is 47.6 Å². The molecule has 0 aliphatic heterocycles. The summed E-state index contributed by atoms with van der Waals surface area (Å²) in [6.45, 7) is 3.58. The van der Waals surface area contributed by atoms with Crippen LogP contribution in [-0.2, 0) is 20.0 Å². The average molecular weight is 285 g/mol. The highest BCUT2D eigenvalue weighted by Crippen LogP contribution is 2.23. The molecule has 0 aliphatic carbocycles. The number of nitrogens with one attached hydrogen (secondary N) is 2. The zero-order valence-electron chi connectivity index (χ0n) is 12.3. The molecule has 0 aromatic carbocycles. The van der Waals surface area contributed by atoms with Crippen LogP contribution in [0.5, 0.6) is 0 Å². The summed E-state index contributed by atoms with van der Waals surface area (Å²) in [5.74, 6) is 1.73. The summed E-state index contributed by atoms with van der Waals surface area (Å²) in [4.78, 5) is 0. The molecule has 0 saturated carbocycles. The maximum atomic E-state index is 5.64. The van der Waals surface area contributed by atoms with Gasteiger partial charge in [0.25, 0.3) is 0 Å². The van der Waals surface area contributed by atoms with Crippen LogP contribution in [0.3, 0.4) is 0 Å². The fourth-order valence-corrected chi connectivity index (χ4v) is 2.31. The van der Waals surface area contributed by atoms with Crippen LogP contribution in [0.1, 0.15) is 17.0 Å². The number of furan rings is 1. The smallest absolute Gasteiger partial charge is 0.152 e. The molecule has 3 heterocycles. The normalized spacial score (nSPS) is 11.1. The zero-order chi connectivity index (χ0) is 14.7. The predicted octanol–water partition coefficient (Wildman–Crippen LogP) is 2.04. The summed E-state index contributed by atoms with van der Waals surface area (Å²) < 4.78 is 7.54. The molecule has 3 aromatic rings. The Bertz CT molecular complexity index is 709. The second kappa shape index (κ2) is 5.97. The molecule has 0 bridgehead atoms. The quantitative estimate of drug-likeness (QED) is 0.680. The summed E-state index contributed by atoms with van der Waals surface area (Å²) in [5, 5.41) is 14.7. The van der Waals surface area contributed by atoms with Gasteiger partial charge in [-0.2, -0.15) is 10.2 Å². The Labute approximate surface area is 123 Å². The molecule has 0 amide bonds. The second-order valence-corrected chi connectivity index (χ2v) is 5.05. The number of nitrogens with zero attached hydrogens (tertiary/aromatic N) is 3. The van der Waals surface area contributed by atoms with Crippen LogP contribution in [0.4, 0.5) is 0 Å². The minimum Gasteiger partial charge on any atom is -0.460 e. The van der Waals surface area contributed by atoms with Crippen LogP contribution in [0.15, 0.2) is 35.0 Å². The SMILES string of the molecule is Cc1ccc(-c2[nH]ncc2CNCCc2ccnn2C)o1. The summed E-state index contributed by atoms with van der Waals surface area (Å²) in [7, 11) is 1.96. The van der Waals surface area contributed by atoms with Crippen LogP contribution >= 0.6 is 0 Å². The van der Waals surface area contributed by atoms with Gasteiger partial charge < -0.3 is 9.73 Å². The van der Waals surface area contributed by atoms with Crippen molar-refractivity contribution in [2.45, 2.75) is 19.9 Å². The van der Waals surface area contributed by atoms with E-state index in [0.29, 0.717) is 0 Å². The molecule has 0 fully saturated rings. The maximum absolute atomic E-state index is 5.64. The summed E-state index contributed by atoms with van der Waals surface area (Å²) in [5.41, 5.74) is 3.27. The maximum Gasteiger partial charge on any atom is 0.152 e. The highest BCUT2D eigenvalue weighted by molar-refractivity contribution is 5.56. The lowest BCUT2D eigenvalue weighted by Crippen LogP contribution is -2.18. The van der Waals surface area contributed by atoms with Gasteiger partial charge in [-0.3, -0.25) is 9.78 Å². The monoisotopic (exact) mass is 285 g/mol. The van der Waals surface area contributed by atoms with Crippen molar-refractivity contribution in [3.8, 4) is 11.5 Å². The predicted molar refractivity (Wildman–Crippen MR) is 79.6 cm³/mol. The van der Waals surface area contributed by atoms with E-state index in [-0.39, 0.29) is 0 Å². The van der Waals surface area contributed by atoms with Gasteiger partial charge in [-0.1, -0.05) is 0 Å². The number of aromatic amines is 1. The lowest BCUT2D eigenvalue weighted by molar-refractivity contribution is 0.545. The first kappa shape index (κ1) is 13.6. The van der Waals surface area contributed by atoms with E-state index in [9.17, 15) is 0 Å². The number of H-pyrrole nitrogens is 1. The molecule has 21 heavy (non-hydrogen) atoms. The van der Waals surface area contributed by atoms with Crippen LogP contribution < -0.4 is 5.32 Å². The van der Waals surface area contributed by atoms with E-state index in [4.69, 9.17) is 4.42 Å². The molecule has 0 radical (unpaired) electrons. The minimum atomic E-state index is 0.753. The molecule has 2 N–H and O–H groups in total. The number of aromatic nitrogens is 4. The van der Waals surface area contributed by atoms with Crippen LogP contribution in [-0.4, -0.2) is 26.5 Å². The number of rotatable bonds is 6. The lowest BCUT2D eigenvalue weighted by atomic mass is 10.2. The van der Waals surface area contributed by atoms with E-state index >= 15 is 0 Å². The van der Waals surface area contributed by atoms with Gasteiger partial charge >= 0.3 is 0 Å². The second-order valence-electron chi connectivity index (χ2n) is 5.05. The van der Waals surface area contributed by atoms with E-state index in [0.717, 1.165) is 42.3 Å². The van der Waals surface area contributed by atoms with Gasteiger partial charge in [0.2, 0.25) is 0 Å². The van der Waals surface area contributed by atoms with Crippen molar-refractivity contribution < 1.29 is 4.42 Å². The molecule has 110 valence electrons. The van der Waals surface area contributed by atoms with Crippen molar-refractivity contribution in [2.24, 2.45) is 7.05 Å². The Morgan fingerprint density at radius 3 is 2.95 bits per heavy atom. The highest BCUT2D eigenvalue weighted by atomic mass is 16.3. The first-order valence-electron chi connectivity index (χ1n) is 7.00. The minimum absolute atomic E-state index is 0.753. The molecular formula is C15H19N5O. The summed E-state index contributed by atoms with van der Waals surface area (Å²) in [6, 6.07) is 5.95. The molecule has 0 atom stereocenters. The summed E-state index contributed by atoms with van der Waals surface area (Å²) >= 11 is 0.